The molecule has 2 atom stereocenters. The number of ether oxygens (including phenoxy) is 1. The van der Waals surface area contributed by atoms with Crippen LogP contribution in [-0.4, -0.2) is 46.2 Å². The summed E-state index contributed by atoms with van der Waals surface area (Å²) in [6, 6.07) is 23.0. The Morgan fingerprint density at radius 2 is 1.51 bits per heavy atom. The summed E-state index contributed by atoms with van der Waals surface area (Å²) in [5, 5.41) is 13.0. The highest BCUT2D eigenvalue weighted by molar-refractivity contribution is 7.92. The van der Waals surface area contributed by atoms with Crippen LogP contribution in [0.25, 0.3) is 0 Å². The maximum atomic E-state index is 12.4. The first-order valence-corrected chi connectivity index (χ1v) is 20.1. The number of sulfonamides is 1. The molecule has 3 rings (SSSR count). The molecule has 1 unspecified atom stereocenters. The predicted octanol–water partition coefficient (Wildman–Crippen LogP) is 7.50. The molecule has 0 aliphatic heterocycles. The summed E-state index contributed by atoms with van der Waals surface area (Å²) < 4.78 is 40.4. The number of aliphatic carboxylic acids is 1. The highest BCUT2D eigenvalue weighted by Gasteiger charge is 2.40. The molecule has 0 aliphatic carbocycles. The van der Waals surface area contributed by atoms with Gasteiger partial charge in [-0.25, -0.2) is 8.42 Å². The molecule has 0 heterocycles. The molecular weight excluding hydrogens is 605 g/mol. The molecule has 0 aliphatic rings. The van der Waals surface area contributed by atoms with Gasteiger partial charge in [0.1, 0.15) is 12.4 Å². The molecule has 0 amide bonds. The van der Waals surface area contributed by atoms with Gasteiger partial charge in [-0.15, -0.1) is 0 Å². The number of benzene rings is 3. The van der Waals surface area contributed by atoms with E-state index in [1.165, 1.54) is 0 Å². The van der Waals surface area contributed by atoms with Crippen molar-refractivity contribution in [2.24, 2.45) is 0 Å². The number of hydrogen-bond donors (Lipinski definition) is 3. The number of carbonyl (C=O) groups is 1. The first-order valence-electron chi connectivity index (χ1n) is 15.3. The second-order valence-electron chi connectivity index (χ2n) is 14.0. The molecule has 246 valence electrons. The molecule has 3 aromatic carbocycles. The lowest BCUT2D eigenvalue weighted by Gasteiger charge is -2.40. The van der Waals surface area contributed by atoms with Crippen molar-refractivity contribution in [1.82, 2.24) is 5.32 Å². The van der Waals surface area contributed by atoms with Crippen LogP contribution in [0.4, 0.5) is 5.69 Å². The number of carboxylic acids is 1. The lowest BCUT2D eigenvalue weighted by Crippen LogP contribution is -2.47. The minimum absolute atomic E-state index is 0.0395. The quantitative estimate of drug-likeness (QED) is 0.145. The minimum atomic E-state index is -3.58. The van der Waals surface area contributed by atoms with Crippen LogP contribution < -0.4 is 14.8 Å². The third-order valence-electron chi connectivity index (χ3n) is 8.41. The van der Waals surface area contributed by atoms with Gasteiger partial charge in [0.2, 0.25) is 10.0 Å². The predicted molar refractivity (Wildman–Crippen MR) is 185 cm³/mol. The largest absolute Gasteiger partial charge is 0.487 e. The molecule has 8 nitrogen and oxygen atoms in total. The van der Waals surface area contributed by atoms with Gasteiger partial charge in [0.25, 0.3) is 0 Å². The molecular formula is C35H50N2O6SSi. The lowest BCUT2D eigenvalue weighted by atomic mass is 9.92. The number of rotatable bonds is 15. The fraction of sp³-hybridized carbons (Fsp3) is 0.457. The summed E-state index contributed by atoms with van der Waals surface area (Å²) in [4.78, 5) is 11.4. The van der Waals surface area contributed by atoms with Gasteiger partial charge in [-0.05, 0) is 79.7 Å². The van der Waals surface area contributed by atoms with Gasteiger partial charge in [-0.1, -0.05) is 81.4 Å². The standard InChI is InChI=1S/C35H50N2O6SSi/c1-25(33(38)39)28-17-15-26(16-18-28)22-35(5,6)36-23-32(43-45(8,9)34(2,3)4)29-19-20-31(30(21-29)37-44(7,40)41)42-24-27-13-11-10-12-14-27/h10-21,25,32,36-37H,22-24H2,1-9H3,(H,38,39)/t25?,32-/m0/s1. The summed E-state index contributed by atoms with van der Waals surface area (Å²) in [5.74, 6) is -0.966. The van der Waals surface area contributed by atoms with E-state index in [2.05, 4.69) is 57.8 Å². The molecule has 10 heteroatoms. The van der Waals surface area contributed by atoms with Crippen LogP contribution in [0.3, 0.4) is 0 Å². The second kappa shape index (κ2) is 14.5. The first kappa shape index (κ1) is 36.3. The lowest BCUT2D eigenvalue weighted by molar-refractivity contribution is -0.138. The number of nitrogens with one attached hydrogen (secondary N) is 2. The Labute approximate surface area is 270 Å². The monoisotopic (exact) mass is 654 g/mol. The van der Waals surface area contributed by atoms with E-state index in [4.69, 9.17) is 9.16 Å². The normalized spacial score (nSPS) is 14.1. The van der Waals surface area contributed by atoms with Crippen molar-refractivity contribution >= 4 is 30.0 Å². The summed E-state index contributed by atoms with van der Waals surface area (Å²) >= 11 is 0. The van der Waals surface area contributed by atoms with Crippen molar-refractivity contribution in [3.05, 3.63) is 95.1 Å². The summed E-state index contributed by atoms with van der Waals surface area (Å²) in [6.45, 7) is 17.7. The summed E-state index contributed by atoms with van der Waals surface area (Å²) in [6.07, 6.45) is 1.49. The van der Waals surface area contributed by atoms with E-state index < -0.39 is 30.2 Å². The molecule has 0 fully saturated rings. The smallest absolute Gasteiger partial charge is 0.310 e. The third kappa shape index (κ3) is 11.0. The van der Waals surface area contributed by atoms with Crippen molar-refractivity contribution in [3.8, 4) is 5.75 Å². The van der Waals surface area contributed by atoms with Crippen LogP contribution >= 0.6 is 0 Å². The minimum Gasteiger partial charge on any atom is -0.487 e. The molecule has 0 saturated carbocycles. The number of anilines is 1. The maximum absolute atomic E-state index is 12.4. The molecule has 0 bridgehead atoms. The van der Waals surface area contributed by atoms with Crippen LogP contribution in [0.2, 0.25) is 18.1 Å². The van der Waals surface area contributed by atoms with Crippen LogP contribution in [0.15, 0.2) is 72.8 Å². The van der Waals surface area contributed by atoms with Crippen molar-refractivity contribution in [3.63, 3.8) is 0 Å². The molecule has 3 N–H and O–H groups in total. The Bertz CT molecular complexity index is 1530. The SMILES string of the molecule is CC(C(=O)O)c1ccc(CC(C)(C)NC[C@H](O[Si](C)(C)C(C)(C)C)c2ccc(OCc3ccccc3)c(NS(C)(=O)=O)c2)cc1. The zero-order valence-electron chi connectivity index (χ0n) is 28.1. The van der Waals surface area contributed by atoms with Gasteiger partial charge in [-0.2, -0.15) is 0 Å². The Morgan fingerprint density at radius 1 is 0.911 bits per heavy atom. The van der Waals surface area contributed by atoms with E-state index >= 15 is 0 Å². The zero-order chi connectivity index (χ0) is 33.6. The van der Waals surface area contributed by atoms with Gasteiger partial charge in [0, 0.05) is 12.1 Å². The Hall–Kier alpha value is -3.18. The molecule has 0 spiro atoms. The van der Waals surface area contributed by atoms with Crippen LogP contribution in [0.1, 0.15) is 75.8 Å². The van der Waals surface area contributed by atoms with Crippen molar-refractivity contribution in [2.75, 3.05) is 17.5 Å². The van der Waals surface area contributed by atoms with Gasteiger partial charge in [-0.3, -0.25) is 9.52 Å². The van der Waals surface area contributed by atoms with Gasteiger partial charge < -0.3 is 19.6 Å². The average Bonchev–Trinajstić information content (AvgIpc) is 2.93. The molecule has 3 aromatic rings. The van der Waals surface area contributed by atoms with E-state index in [0.29, 0.717) is 31.0 Å². The topological polar surface area (TPSA) is 114 Å². The highest BCUT2D eigenvalue weighted by Crippen LogP contribution is 2.41. The van der Waals surface area contributed by atoms with Crippen LogP contribution in [0, 0.1) is 0 Å². The van der Waals surface area contributed by atoms with E-state index in [0.717, 1.165) is 28.5 Å². The van der Waals surface area contributed by atoms with Crippen molar-refractivity contribution in [2.45, 2.75) is 90.3 Å². The maximum Gasteiger partial charge on any atom is 0.310 e. The average molecular weight is 655 g/mol. The molecule has 0 saturated heterocycles. The van der Waals surface area contributed by atoms with Crippen LogP contribution in [0.5, 0.6) is 5.75 Å². The van der Waals surface area contributed by atoms with Crippen molar-refractivity contribution in [1.29, 1.82) is 0 Å². The summed E-state index contributed by atoms with van der Waals surface area (Å²) in [7, 11) is -5.82. The Morgan fingerprint density at radius 3 is 2.07 bits per heavy atom. The first-order chi connectivity index (χ1) is 20.8. The van der Waals surface area contributed by atoms with Gasteiger partial charge in [0.05, 0.1) is 24.0 Å². The number of hydrogen-bond acceptors (Lipinski definition) is 6. The van der Waals surface area contributed by atoms with E-state index in [1.807, 2.05) is 66.7 Å². The fourth-order valence-corrected chi connectivity index (χ4v) is 6.50. The highest BCUT2D eigenvalue weighted by atomic mass is 32.2. The number of carboxylic acid groups (broad SMARTS) is 1. The molecule has 0 radical (unpaired) electrons. The van der Waals surface area contributed by atoms with E-state index in [9.17, 15) is 18.3 Å². The molecule has 45 heavy (non-hydrogen) atoms. The van der Waals surface area contributed by atoms with E-state index in [1.54, 1.807) is 13.0 Å². The second-order valence-corrected chi connectivity index (χ2v) is 20.5. The Kier molecular flexibility index (Phi) is 11.7. The zero-order valence-corrected chi connectivity index (χ0v) is 29.9. The third-order valence-corrected chi connectivity index (χ3v) is 13.5. The fourth-order valence-electron chi connectivity index (χ4n) is 4.66. The van der Waals surface area contributed by atoms with Crippen LogP contribution in [-0.2, 0) is 32.3 Å². The van der Waals surface area contributed by atoms with Gasteiger partial charge >= 0.3 is 5.97 Å². The Balaban J connectivity index is 1.89. The van der Waals surface area contributed by atoms with E-state index in [-0.39, 0.29) is 16.7 Å². The molecule has 0 aromatic heterocycles. The van der Waals surface area contributed by atoms with Crippen molar-refractivity contribution < 1.29 is 27.5 Å². The van der Waals surface area contributed by atoms with Gasteiger partial charge in [0.15, 0.2) is 8.32 Å². The summed E-state index contributed by atoms with van der Waals surface area (Å²) in [5.41, 5.74) is 3.73.